The molecule has 2 rings (SSSR count). The van der Waals surface area contributed by atoms with E-state index in [4.69, 9.17) is 4.74 Å². The number of rotatable bonds is 7. The lowest BCUT2D eigenvalue weighted by Gasteiger charge is -2.10. The summed E-state index contributed by atoms with van der Waals surface area (Å²) < 4.78 is 18.1. The van der Waals surface area contributed by atoms with Crippen molar-refractivity contribution in [3.63, 3.8) is 0 Å². The van der Waals surface area contributed by atoms with Crippen molar-refractivity contribution in [2.45, 2.75) is 19.4 Å². The molecular formula is C14H18FN5O2. The zero-order valence-electron chi connectivity index (χ0n) is 12.5. The number of tetrazole rings is 1. The standard InChI is InChI=1S/C14H18FN5O2/c1-10(14(21)16-7-4-8-22-2)20-18-13(17-19-20)11-5-3-6-12(15)9-11/h3,5-6,9-10H,4,7-8H2,1-2H3,(H,16,21)/t10-/m0/s1. The highest BCUT2D eigenvalue weighted by Gasteiger charge is 2.18. The summed E-state index contributed by atoms with van der Waals surface area (Å²) in [5.41, 5.74) is 0.513. The van der Waals surface area contributed by atoms with Gasteiger partial charge < -0.3 is 10.1 Å². The van der Waals surface area contributed by atoms with E-state index in [0.717, 1.165) is 6.42 Å². The molecular weight excluding hydrogens is 289 g/mol. The predicted molar refractivity (Wildman–Crippen MR) is 77.4 cm³/mol. The second kappa shape index (κ2) is 7.60. The van der Waals surface area contributed by atoms with E-state index in [1.165, 1.54) is 16.9 Å². The van der Waals surface area contributed by atoms with E-state index in [0.29, 0.717) is 18.7 Å². The molecule has 0 aliphatic rings. The molecule has 1 aromatic carbocycles. The molecule has 8 heteroatoms. The van der Waals surface area contributed by atoms with E-state index in [-0.39, 0.29) is 17.5 Å². The molecule has 118 valence electrons. The summed E-state index contributed by atoms with van der Waals surface area (Å²) in [6.45, 7) is 2.77. The highest BCUT2D eigenvalue weighted by Crippen LogP contribution is 2.15. The van der Waals surface area contributed by atoms with Gasteiger partial charge in [-0.3, -0.25) is 4.79 Å². The monoisotopic (exact) mass is 307 g/mol. The van der Waals surface area contributed by atoms with Gasteiger partial charge in [0.05, 0.1) is 0 Å². The van der Waals surface area contributed by atoms with Crippen LogP contribution in [0.3, 0.4) is 0 Å². The summed E-state index contributed by atoms with van der Waals surface area (Å²) in [5.74, 6) is -0.310. The number of nitrogens with zero attached hydrogens (tertiary/aromatic N) is 4. The Morgan fingerprint density at radius 2 is 2.32 bits per heavy atom. The van der Waals surface area contributed by atoms with Crippen LogP contribution in [0.25, 0.3) is 11.4 Å². The maximum absolute atomic E-state index is 13.2. The summed E-state index contributed by atoms with van der Waals surface area (Å²) in [5, 5.41) is 14.6. The summed E-state index contributed by atoms with van der Waals surface area (Å²) in [6.07, 6.45) is 0.730. The van der Waals surface area contributed by atoms with Gasteiger partial charge in [-0.05, 0) is 30.7 Å². The first kappa shape index (κ1) is 16.0. The molecule has 1 aromatic heterocycles. The third-order valence-electron chi connectivity index (χ3n) is 3.06. The van der Waals surface area contributed by atoms with Gasteiger partial charge in [0.2, 0.25) is 11.7 Å². The Morgan fingerprint density at radius 1 is 1.50 bits per heavy atom. The van der Waals surface area contributed by atoms with Crippen LogP contribution in [-0.4, -0.2) is 46.4 Å². The first-order valence-electron chi connectivity index (χ1n) is 6.94. The van der Waals surface area contributed by atoms with Crippen molar-refractivity contribution < 1.29 is 13.9 Å². The van der Waals surface area contributed by atoms with Gasteiger partial charge in [0.25, 0.3) is 0 Å². The van der Waals surface area contributed by atoms with Gasteiger partial charge in [0, 0.05) is 25.8 Å². The number of carbonyl (C=O) groups excluding carboxylic acids is 1. The van der Waals surface area contributed by atoms with Crippen molar-refractivity contribution in [2.24, 2.45) is 0 Å². The molecule has 2 aromatic rings. The fraction of sp³-hybridized carbons (Fsp3) is 0.429. The van der Waals surface area contributed by atoms with Gasteiger partial charge in [-0.2, -0.15) is 4.80 Å². The smallest absolute Gasteiger partial charge is 0.246 e. The van der Waals surface area contributed by atoms with E-state index in [1.54, 1.807) is 26.2 Å². The third kappa shape index (κ3) is 4.08. The van der Waals surface area contributed by atoms with Crippen molar-refractivity contribution in [1.29, 1.82) is 0 Å². The van der Waals surface area contributed by atoms with Crippen LogP contribution in [0, 0.1) is 5.82 Å². The van der Waals surface area contributed by atoms with Crippen LogP contribution in [0.1, 0.15) is 19.4 Å². The van der Waals surface area contributed by atoms with Gasteiger partial charge in [-0.1, -0.05) is 12.1 Å². The van der Waals surface area contributed by atoms with Crippen molar-refractivity contribution in [3.8, 4) is 11.4 Å². The molecule has 0 saturated heterocycles. The van der Waals surface area contributed by atoms with Crippen LogP contribution in [0.4, 0.5) is 4.39 Å². The van der Waals surface area contributed by atoms with E-state index in [2.05, 4.69) is 20.7 Å². The first-order valence-corrected chi connectivity index (χ1v) is 6.94. The maximum atomic E-state index is 13.2. The Hall–Kier alpha value is -2.35. The number of hydrogen-bond donors (Lipinski definition) is 1. The highest BCUT2D eigenvalue weighted by atomic mass is 19.1. The number of nitrogens with one attached hydrogen (secondary N) is 1. The Bertz CT molecular complexity index is 631. The Balaban J connectivity index is 1.99. The topological polar surface area (TPSA) is 81.9 Å². The van der Waals surface area contributed by atoms with Crippen LogP contribution in [0.5, 0.6) is 0 Å². The molecule has 1 N–H and O–H groups in total. The molecule has 1 heterocycles. The van der Waals surface area contributed by atoms with Crippen molar-refractivity contribution in [3.05, 3.63) is 30.1 Å². The number of halogens is 1. The summed E-state index contributed by atoms with van der Waals surface area (Å²) in [4.78, 5) is 13.2. The molecule has 1 amide bonds. The zero-order valence-corrected chi connectivity index (χ0v) is 12.5. The lowest BCUT2D eigenvalue weighted by atomic mass is 10.2. The molecule has 1 atom stereocenters. The van der Waals surface area contributed by atoms with E-state index in [9.17, 15) is 9.18 Å². The molecule has 7 nitrogen and oxygen atoms in total. The number of carbonyl (C=O) groups is 1. The Kier molecular flexibility index (Phi) is 5.54. The minimum atomic E-state index is -0.600. The number of methoxy groups -OCH3 is 1. The van der Waals surface area contributed by atoms with Gasteiger partial charge in [-0.25, -0.2) is 4.39 Å². The Labute approximate surface area is 127 Å². The van der Waals surface area contributed by atoms with Crippen LogP contribution in [0.2, 0.25) is 0 Å². The molecule has 22 heavy (non-hydrogen) atoms. The molecule has 0 saturated carbocycles. The van der Waals surface area contributed by atoms with Crippen molar-refractivity contribution in [2.75, 3.05) is 20.3 Å². The van der Waals surface area contributed by atoms with Crippen LogP contribution < -0.4 is 5.32 Å². The molecule has 0 unspecified atom stereocenters. The van der Waals surface area contributed by atoms with Crippen molar-refractivity contribution >= 4 is 5.91 Å². The number of amides is 1. The number of aromatic nitrogens is 4. The molecule has 0 bridgehead atoms. The van der Waals surface area contributed by atoms with E-state index in [1.807, 2.05) is 0 Å². The maximum Gasteiger partial charge on any atom is 0.246 e. The van der Waals surface area contributed by atoms with Crippen LogP contribution >= 0.6 is 0 Å². The van der Waals surface area contributed by atoms with Gasteiger partial charge in [0.1, 0.15) is 11.9 Å². The number of benzene rings is 1. The fourth-order valence-electron chi connectivity index (χ4n) is 1.81. The summed E-state index contributed by atoms with van der Waals surface area (Å²) in [6, 6.07) is 5.30. The Morgan fingerprint density at radius 3 is 3.05 bits per heavy atom. The largest absolute Gasteiger partial charge is 0.385 e. The zero-order chi connectivity index (χ0) is 15.9. The second-order valence-corrected chi connectivity index (χ2v) is 4.76. The highest BCUT2D eigenvalue weighted by molar-refractivity contribution is 5.79. The third-order valence-corrected chi connectivity index (χ3v) is 3.06. The minimum absolute atomic E-state index is 0.209. The number of ether oxygens (including phenoxy) is 1. The van der Waals surface area contributed by atoms with Crippen LogP contribution in [-0.2, 0) is 9.53 Å². The molecule has 0 spiro atoms. The second-order valence-electron chi connectivity index (χ2n) is 4.76. The van der Waals surface area contributed by atoms with E-state index >= 15 is 0 Å². The average Bonchev–Trinajstić information content (AvgIpc) is 3.00. The molecule has 0 fully saturated rings. The fourth-order valence-corrected chi connectivity index (χ4v) is 1.81. The predicted octanol–water partition coefficient (Wildman–Crippen LogP) is 1.19. The lowest BCUT2D eigenvalue weighted by molar-refractivity contribution is -0.124. The van der Waals surface area contributed by atoms with Crippen LogP contribution in [0.15, 0.2) is 24.3 Å². The van der Waals surface area contributed by atoms with Crippen molar-refractivity contribution in [1.82, 2.24) is 25.5 Å². The van der Waals surface area contributed by atoms with Gasteiger partial charge >= 0.3 is 0 Å². The summed E-state index contributed by atoms with van der Waals surface area (Å²) >= 11 is 0. The average molecular weight is 307 g/mol. The quantitative estimate of drug-likeness (QED) is 0.777. The van der Waals surface area contributed by atoms with Gasteiger partial charge in [-0.15, -0.1) is 10.2 Å². The minimum Gasteiger partial charge on any atom is -0.385 e. The molecule has 0 aliphatic carbocycles. The molecule has 0 radical (unpaired) electrons. The normalized spacial score (nSPS) is 12.1. The lowest BCUT2D eigenvalue weighted by Crippen LogP contribution is -2.33. The molecule has 0 aliphatic heterocycles. The van der Waals surface area contributed by atoms with Gasteiger partial charge in [0.15, 0.2) is 0 Å². The SMILES string of the molecule is COCCCNC(=O)[C@H](C)n1nnc(-c2cccc(F)c2)n1. The first-order chi connectivity index (χ1) is 10.6. The number of hydrogen-bond acceptors (Lipinski definition) is 5. The van der Waals surface area contributed by atoms with E-state index < -0.39 is 6.04 Å². The summed E-state index contributed by atoms with van der Waals surface area (Å²) in [7, 11) is 1.61.